The van der Waals surface area contributed by atoms with E-state index in [2.05, 4.69) is 10.5 Å². The summed E-state index contributed by atoms with van der Waals surface area (Å²) in [6.07, 6.45) is 1.43. The summed E-state index contributed by atoms with van der Waals surface area (Å²) < 4.78 is 4.73. The number of carbonyl (C=O) groups is 1. The number of carbonyl (C=O) groups excluding carboxylic acids is 1. The van der Waals surface area contributed by atoms with Gasteiger partial charge in [-0.25, -0.2) is 0 Å². The van der Waals surface area contributed by atoms with Crippen molar-refractivity contribution < 1.29 is 9.32 Å². The van der Waals surface area contributed by atoms with Gasteiger partial charge >= 0.3 is 0 Å². The first-order valence-electron chi connectivity index (χ1n) is 4.54. The maximum Gasteiger partial charge on any atom is 0.294 e. The smallest absolute Gasteiger partial charge is 0.294 e. The Kier molecular flexibility index (Phi) is 2.49. The van der Waals surface area contributed by atoms with Gasteiger partial charge in [0.05, 0.1) is 6.20 Å². The third-order valence-corrected chi connectivity index (χ3v) is 1.97. The molecule has 0 radical (unpaired) electrons. The number of hydrogen-bond acceptors (Lipinski definition) is 3. The Labute approximate surface area is 86.9 Å². The molecule has 0 fully saturated rings. The van der Waals surface area contributed by atoms with Crippen LogP contribution >= 0.6 is 0 Å². The van der Waals surface area contributed by atoms with Gasteiger partial charge in [-0.2, -0.15) is 0 Å². The van der Waals surface area contributed by atoms with Gasteiger partial charge in [0.25, 0.3) is 5.91 Å². The second-order valence-electron chi connectivity index (χ2n) is 3.20. The molecule has 4 heteroatoms. The van der Waals surface area contributed by atoms with Gasteiger partial charge in [-0.05, 0) is 19.1 Å². The molecule has 76 valence electrons. The lowest BCUT2D eigenvalue weighted by atomic mass is 10.2. The molecular weight excluding hydrogens is 192 g/mol. The van der Waals surface area contributed by atoms with Gasteiger partial charge in [-0.3, -0.25) is 4.79 Å². The van der Waals surface area contributed by atoms with Crippen LogP contribution in [0, 0.1) is 6.92 Å². The second kappa shape index (κ2) is 3.96. The molecule has 15 heavy (non-hydrogen) atoms. The van der Waals surface area contributed by atoms with Crippen LogP contribution in [0.5, 0.6) is 0 Å². The summed E-state index contributed by atoms with van der Waals surface area (Å²) in [4.78, 5) is 11.5. The molecule has 1 heterocycles. The fourth-order valence-electron chi connectivity index (χ4n) is 1.16. The molecule has 1 N–H and O–H groups in total. The third kappa shape index (κ3) is 2.22. The summed E-state index contributed by atoms with van der Waals surface area (Å²) in [6, 6.07) is 9.04. The van der Waals surface area contributed by atoms with Crippen molar-refractivity contribution in [1.82, 2.24) is 5.16 Å². The van der Waals surface area contributed by atoms with Crippen LogP contribution < -0.4 is 5.32 Å². The van der Waals surface area contributed by atoms with Crippen molar-refractivity contribution in [3.8, 4) is 0 Å². The lowest BCUT2D eigenvalue weighted by Crippen LogP contribution is -2.10. The van der Waals surface area contributed by atoms with Crippen LogP contribution in [0.15, 0.2) is 41.1 Å². The quantitative estimate of drug-likeness (QED) is 0.812. The van der Waals surface area contributed by atoms with Crippen LogP contribution in [0.25, 0.3) is 0 Å². The standard InChI is InChI=1S/C11H10N2O2/c1-8-2-4-9(5-3-8)13-11(14)10-6-7-12-15-10/h2-7H,1H3,(H,13,14). The normalized spacial score (nSPS) is 9.93. The highest BCUT2D eigenvalue weighted by Gasteiger charge is 2.08. The molecule has 0 atom stereocenters. The maximum atomic E-state index is 11.5. The summed E-state index contributed by atoms with van der Waals surface area (Å²) in [5.74, 6) is -0.0908. The third-order valence-electron chi connectivity index (χ3n) is 1.97. The Balaban J connectivity index is 2.09. The molecule has 1 aromatic heterocycles. The first kappa shape index (κ1) is 9.45. The molecule has 0 aliphatic rings. The highest BCUT2D eigenvalue weighted by molar-refractivity contribution is 6.02. The van der Waals surface area contributed by atoms with E-state index in [1.54, 1.807) is 0 Å². The molecule has 2 rings (SSSR count). The largest absolute Gasteiger partial charge is 0.351 e. The molecule has 1 amide bonds. The number of aryl methyl sites for hydroxylation is 1. The molecule has 4 nitrogen and oxygen atoms in total. The lowest BCUT2D eigenvalue weighted by Gasteiger charge is -2.02. The Hall–Kier alpha value is -2.10. The topological polar surface area (TPSA) is 55.1 Å². The maximum absolute atomic E-state index is 11.5. The van der Waals surface area contributed by atoms with E-state index in [1.165, 1.54) is 12.3 Å². The summed E-state index contributed by atoms with van der Waals surface area (Å²) in [7, 11) is 0. The van der Waals surface area contributed by atoms with Gasteiger partial charge in [0.2, 0.25) is 5.76 Å². The number of nitrogens with zero attached hydrogens (tertiary/aromatic N) is 1. The average Bonchev–Trinajstić information content (AvgIpc) is 2.74. The minimum Gasteiger partial charge on any atom is -0.351 e. The van der Waals surface area contributed by atoms with Crippen LogP contribution in [0.2, 0.25) is 0 Å². The van der Waals surface area contributed by atoms with Crippen molar-refractivity contribution in [1.29, 1.82) is 0 Å². The number of nitrogens with one attached hydrogen (secondary N) is 1. The van der Waals surface area contributed by atoms with Gasteiger partial charge in [-0.15, -0.1) is 0 Å². The second-order valence-corrected chi connectivity index (χ2v) is 3.20. The van der Waals surface area contributed by atoms with E-state index in [-0.39, 0.29) is 11.7 Å². The first-order chi connectivity index (χ1) is 7.25. The van der Waals surface area contributed by atoms with Crippen molar-refractivity contribution in [2.75, 3.05) is 5.32 Å². The number of benzene rings is 1. The number of amides is 1. The fourth-order valence-corrected chi connectivity index (χ4v) is 1.16. The number of rotatable bonds is 2. The van der Waals surface area contributed by atoms with E-state index in [9.17, 15) is 4.79 Å². The van der Waals surface area contributed by atoms with Gasteiger partial charge < -0.3 is 9.84 Å². The average molecular weight is 202 g/mol. The predicted octanol–water partition coefficient (Wildman–Crippen LogP) is 2.24. The molecular formula is C11H10N2O2. The van der Waals surface area contributed by atoms with E-state index in [0.29, 0.717) is 0 Å². The fraction of sp³-hybridized carbons (Fsp3) is 0.0909. The van der Waals surface area contributed by atoms with E-state index in [4.69, 9.17) is 4.52 Å². The molecule has 2 aromatic rings. The highest BCUT2D eigenvalue weighted by atomic mass is 16.5. The predicted molar refractivity (Wildman–Crippen MR) is 55.6 cm³/mol. The van der Waals surface area contributed by atoms with Crippen molar-refractivity contribution in [3.63, 3.8) is 0 Å². The minimum absolute atomic E-state index is 0.204. The summed E-state index contributed by atoms with van der Waals surface area (Å²) in [5, 5.41) is 6.16. The van der Waals surface area contributed by atoms with Gasteiger partial charge in [0, 0.05) is 11.8 Å². The van der Waals surface area contributed by atoms with Crippen LogP contribution in [-0.4, -0.2) is 11.1 Å². The highest BCUT2D eigenvalue weighted by Crippen LogP contribution is 2.10. The van der Waals surface area contributed by atoms with Gasteiger partial charge in [0.15, 0.2) is 0 Å². The molecule has 0 unspecified atom stereocenters. The van der Waals surface area contributed by atoms with Gasteiger partial charge in [-0.1, -0.05) is 22.9 Å². The van der Waals surface area contributed by atoms with E-state index in [0.717, 1.165) is 11.3 Å². The van der Waals surface area contributed by atoms with Crippen molar-refractivity contribution >= 4 is 11.6 Å². The minimum atomic E-state index is -0.295. The van der Waals surface area contributed by atoms with E-state index < -0.39 is 0 Å². The van der Waals surface area contributed by atoms with Crippen molar-refractivity contribution in [2.24, 2.45) is 0 Å². The van der Waals surface area contributed by atoms with Crippen LogP contribution in [0.4, 0.5) is 5.69 Å². The zero-order valence-electron chi connectivity index (χ0n) is 8.23. The molecule has 0 bridgehead atoms. The monoisotopic (exact) mass is 202 g/mol. The summed E-state index contributed by atoms with van der Waals surface area (Å²) >= 11 is 0. The number of aromatic nitrogens is 1. The first-order valence-corrected chi connectivity index (χ1v) is 4.54. The zero-order chi connectivity index (χ0) is 10.7. The summed E-state index contributed by atoms with van der Waals surface area (Å²) in [5.41, 5.74) is 1.88. The van der Waals surface area contributed by atoms with Crippen molar-refractivity contribution in [2.45, 2.75) is 6.92 Å². The van der Waals surface area contributed by atoms with E-state index in [1.807, 2.05) is 31.2 Å². The Morgan fingerprint density at radius 2 is 2.00 bits per heavy atom. The number of hydrogen-bond donors (Lipinski definition) is 1. The molecule has 0 aliphatic carbocycles. The zero-order valence-corrected chi connectivity index (χ0v) is 8.23. The van der Waals surface area contributed by atoms with Crippen LogP contribution in [-0.2, 0) is 0 Å². The van der Waals surface area contributed by atoms with Crippen LogP contribution in [0.3, 0.4) is 0 Å². The Morgan fingerprint density at radius 3 is 2.60 bits per heavy atom. The van der Waals surface area contributed by atoms with E-state index >= 15 is 0 Å². The summed E-state index contributed by atoms with van der Waals surface area (Å²) in [6.45, 7) is 1.99. The van der Waals surface area contributed by atoms with Gasteiger partial charge in [0.1, 0.15) is 0 Å². The molecule has 1 aromatic carbocycles. The molecule has 0 aliphatic heterocycles. The number of anilines is 1. The Bertz CT molecular complexity index is 446. The lowest BCUT2D eigenvalue weighted by molar-refractivity contribution is 0.0988. The molecule has 0 saturated carbocycles. The Morgan fingerprint density at radius 1 is 1.27 bits per heavy atom. The SMILES string of the molecule is Cc1ccc(NC(=O)c2ccno2)cc1. The molecule has 0 spiro atoms. The van der Waals surface area contributed by atoms with Crippen molar-refractivity contribution in [3.05, 3.63) is 47.9 Å². The van der Waals surface area contributed by atoms with Crippen LogP contribution in [0.1, 0.15) is 16.1 Å². The molecule has 0 saturated heterocycles.